The van der Waals surface area contributed by atoms with E-state index in [1.54, 1.807) is 98.2 Å². The molecule has 10 aromatic carbocycles. The van der Waals surface area contributed by atoms with Crippen molar-refractivity contribution in [3.63, 3.8) is 0 Å². The van der Waals surface area contributed by atoms with E-state index in [-0.39, 0.29) is 148 Å². The van der Waals surface area contributed by atoms with Gasteiger partial charge in [-0.05, 0) is 243 Å². The third-order valence-corrected chi connectivity index (χ3v) is 27.3. The molecule has 144 heavy (non-hydrogen) atoms. The van der Waals surface area contributed by atoms with E-state index in [4.69, 9.17) is 43.5 Å². The normalized spacial score (nSPS) is 16.8. The fraction of sp³-hybridized carbons (Fsp3) is 0.351. The summed E-state index contributed by atoms with van der Waals surface area (Å²) in [5.74, 6) is -2.75. The van der Waals surface area contributed by atoms with Crippen LogP contribution in [0.3, 0.4) is 0 Å². The third kappa shape index (κ3) is 23.4. The standard InChI is InChI=1S/C56H56N4O10.C55H54N4O10.3CH3.H2O.Sn/c1-32-19-44-45(57-29-42-25-39-12-7-9-14-47(39)60(42)56(44)66)28-50(32)69-30-35-21-36(23-40(22-35)49(62)20-33(2)54(64)58-34(3)48(61)15-10-16-53(63)68-5)31-70-52-26-37-17-18-41-24-38-11-6-8-13-46(38)59(41)55(65)43(37)27-51(52)67-4;1-31-18-43-44(56-28-41-24-38-11-6-8-13-46(38)59(41)55(43)66)27-49(31)68-29-34-20-35(22-39(21-34)48(61)19-32(2)53(64)57-33(3)47(60)14-9-15-52(62)63)30-69-51-25-36-16-17-40-23-37-10-5-7-12-45(37)58(40)54(65)42(36)26-50(51)67-4;;;;;/h6-9,11-14,19,21-23,26-29,33-34,41-42H,10,15-18,20,24-25,30-31H2,1-5H3,(H,58,64);5-8,10-13,18,20-22,25-28,32-33,40-41H,9,14-17,19,23-24,29-30H2,1-4H3,(H,57,64)(H,62,63);3*1H3;1H2;/t33-,34+,41-,42+;32-,33+,40-,41+;;;;;/m11...../s1. The van der Waals surface area contributed by atoms with Gasteiger partial charge >= 0.3 is 46.5 Å². The van der Waals surface area contributed by atoms with Crippen LogP contribution >= 0.6 is 0 Å². The average Bonchev–Trinajstić information content (AvgIpc) is 1.61. The van der Waals surface area contributed by atoms with E-state index < -0.39 is 67.4 Å². The molecule has 10 aromatic rings. The van der Waals surface area contributed by atoms with Gasteiger partial charge in [0.05, 0.1) is 68.0 Å². The molecule has 30 heteroatoms. The summed E-state index contributed by atoms with van der Waals surface area (Å²) in [6.07, 6.45) is 9.69. The molecule has 8 heterocycles. The van der Waals surface area contributed by atoms with E-state index in [1.165, 1.54) is 21.3 Å². The number of benzene rings is 10. The van der Waals surface area contributed by atoms with Crippen LogP contribution in [0.1, 0.15) is 221 Å². The molecule has 1 radical (unpaired) electrons. The van der Waals surface area contributed by atoms with Gasteiger partial charge in [-0.25, -0.2) is 0 Å². The molecule has 8 atom stereocenters. The Morgan fingerprint density at radius 3 is 1.11 bits per heavy atom. The van der Waals surface area contributed by atoms with Gasteiger partial charge in [0, 0.05) is 145 Å². The number of aliphatic carboxylic acids is 1. The van der Waals surface area contributed by atoms with Crippen molar-refractivity contribution in [2.24, 2.45) is 21.8 Å². The number of nitrogens with one attached hydrogen (secondary N) is 2. The molecule has 0 aromatic heterocycles. The fourth-order valence-electron chi connectivity index (χ4n) is 19.8. The first kappa shape index (κ1) is 104. The first-order chi connectivity index (χ1) is 68.8. The van der Waals surface area contributed by atoms with Crippen molar-refractivity contribution in [2.45, 2.75) is 222 Å². The molecular weight excluding hydrogens is 1940 g/mol. The Bertz CT molecular complexity index is 6760. The summed E-state index contributed by atoms with van der Waals surface area (Å²) in [6, 6.07) is 54.9. The number of methoxy groups -OCH3 is 3. The van der Waals surface area contributed by atoms with E-state index in [0.717, 1.165) is 92.9 Å². The van der Waals surface area contributed by atoms with Crippen LogP contribution in [-0.4, -0.2) is 171 Å². The summed E-state index contributed by atoms with van der Waals surface area (Å²) < 4.78 is 42.1. The van der Waals surface area contributed by atoms with Crippen molar-refractivity contribution in [1.82, 2.24) is 10.6 Å². The average molecular weight is 2060 g/mol. The van der Waals surface area contributed by atoms with Gasteiger partial charge in [0.15, 0.2) is 46.1 Å². The number of hydrogen-bond donors (Lipinski definition) is 3. The summed E-state index contributed by atoms with van der Waals surface area (Å²) in [5, 5.41) is 14.3. The summed E-state index contributed by atoms with van der Waals surface area (Å²) in [7, 11) is 4.35. The number of hydrogen-bond acceptors (Lipinski definition) is 21. The van der Waals surface area contributed by atoms with Crippen LogP contribution in [0.2, 0.25) is 14.8 Å². The second-order valence-electron chi connectivity index (χ2n) is 38.6. The summed E-state index contributed by atoms with van der Waals surface area (Å²) in [5.41, 5.74) is 17.7. The number of carbonyl (C=O) groups excluding carboxylic acids is 11. The number of carboxylic acid groups (broad SMARTS) is 1. The quantitative estimate of drug-likeness (QED) is 0.0191. The van der Waals surface area contributed by atoms with Gasteiger partial charge in [-0.15, -0.1) is 0 Å². The number of Topliss-reactive ketones (excluding diaryl/α,β-unsaturated/α-hetero) is 4. The predicted octanol–water partition coefficient (Wildman–Crippen LogP) is 17.6. The van der Waals surface area contributed by atoms with Gasteiger partial charge in [0.1, 0.15) is 37.9 Å². The zero-order chi connectivity index (χ0) is 101. The fourth-order valence-corrected chi connectivity index (χ4v) is 19.8. The molecule has 747 valence electrons. The zero-order valence-electron chi connectivity index (χ0n) is 83.1. The number of rotatable bonds is 34. The van der Waals surface area contributed by atoms with E-state index in [1.807, 2.05) is 145 Å². The van der Waals surface area contributed by atoms with Crippen LogP contribution in [0.25, 0.3) is 0 Å². The molecule has 0 fully saturated rings. The van der Waals surface area contributed by atoms with E-state index >= 15 is 0 Å². The van der Waals surface area contributed by atoms with Crippen molar-refractivity contribution < 1.29 is 101 Å². The Balaban J connectivity index is 0.000000208. The first-order valence-corrected chi connectivity index (χ1v) is 57.4. The van der Waals surface area contributed by atoms with Crippen LogP contribution in [0, 0.1) is 25.7 Å². The number of amides is 6. The molecule has 0 saturated heterocycles. The number of esters is 1. The zero-order valence-corrected chi connectivity index (χ0v) is 86.0. The van der Waals surface area contributed by atoms with Gasteiger partial charge in [0.2, 0.25) is 11.8 Å². The number of carboxylic acids is 1. The molecule has 0 unspecified atom stereocenters. The van der Waals surface area contributed by atoms with Crippen LogP contribution in [-0.2, 0) is 98.5 Å². The predicted molar refractivity (Wildman–Crippen MR) is 550 cm³/mol. The number of ketones is 4. The Labute approximate surface area is 844 Å². The van der Waals surface area contributed by atoms with Crippen molar-refractivity contribution in [2.75, 3.05) is 40.9 Å². The number of aryl methyl sites for hydroxylation is 4. The topological polar surface area (TPSA) is 383 Å². The monoisotopic (exact) mass is 2060 g/mol. The Morgan fingerprint density at radius 2 is 0.750 bits per heavy atom. The number of fused-ring (bicyclic) bond motifs is 16. The van der Waals surface area contributed by atoms with Gasteiger partial charge < -0.3 is 64.2 Å². The van der Waals surface area contributed by atoms with Crippen LogP contribution < -0.4 is 58.7 Å². The molecule has 8 aliphatic rings. The van der Waals surface area contributed by atoms with Crippen LogP contribution in [0.15, 0.2) is 192 Å². The van der Waals surface area contributed by atoms with Gasteiger partial charge in [-0.1, -0.05) is 86.6 Å². The molecule has 29 nitrogen and oxygen atoms in total. The first-order valence-electron chi connectivity index (χ1n) is 48.8. The number of aliphatic imine (C=N–C) groups is 2. The molecule has 0 bridgehead atoms. The van der Waals surface area contributed by atoms with E-state index in [2.05, 4.69) is 42.3 Å². The van der Waals surface area contributed by atoms with Gasteiger partial charge in [-0.3, -0.25) is 77.3 Å². The number of anilines is 4. The van der Waals surface area contributed by atoms with E-state index in [0.29, 0.717) is 134 Å². The van der Waals surface area contributed by atoms with Crippen molar-refractivity contribution >= 4 is 137 Å². The molecule has 0 saturated carbocycles. The number of carbonyl (C=O) groups is 12. The second kappa shape index (κ2) is 45.9. The summed E-state index contributed by atoms with van der Waals surface area (Å²) in [4.78, 5) is 183. The number of ether oxygens (including phenoxy) is 7. The second-order valence-corrected chi connectivity index (χ2v) is 47.1. The third-order valence-electron chi connectivity index (χ3n) is 27.3. The Kier molecular flexibility index (Phi) is 33.1. The molecule has 6 amide bonds. The Morgan fingerprint density at radius 1 is 0.410 bits per heavy atom. The van der Waals surface area contributed by atoms with Crippen molar-refractivity contribution in [3.8, 4) is 34.5 Å². The van der Waals surface area contributed by atoms with Crippen LogP contribution in [0.5, 0.6) is 34.5 Å². The maximum atomic E-state index is 14.1. The summed E-state index contributed by atoms with van der Waals surface area (Å²) in [6.45, 7) is 10.2. The molecular formula is C114H121N8O21Sn. The minimum atomic E-state index is -1.00. The Hall–Kier alpha value is -14.5. The molecule has 0 aliphatic carbocycles. The molecule has 0 spiro atoms. The maximum absolute atomic E-state index is 14.1. The van der Waals surface area contributed by atoms with Crippen LogP contribution in [0.4, 0.5) is 34.1 Å². The molecule has 8 aliphatic heterocycles. The molecule has 18 rings (SSSR count). The van der Waals surface area contributed by atoms with E-state index in [9.17, 15) is 57.5 Å². The number of nitrogens with zero attached hydrogens (tertiary/aromatic N) is 6. The number of para-hydroxylation sites is 4. The minimum absolute atomic E-state index is 0. The summed E-state index contributed by atoms with van der Waals surface area (Å²) >= 11 is -0.543. The van der Waals surface area contributed by atoms with Crippen molar-refractivity contribution in [1.29, 1.82) is 0 Å². The van der Waals surface area contributed by atoms with Crippen molar-refractivity contribution in [3.05, 3.63) is 282 Å². The van der Waals surface area contributed by atoms with Gasteiger partial charge in [0.25, 0.3) is 23.6 Å². The van der Waals surface area contributed by atoms with Gasteiger partial charge in [-0.2, -0.15) is 0 Å². The SMILES string of the molecule is COC(=O)CCCC(=O)[C@H](C)NC(=O)[C@H](C)CC(=O)c1cc(COc2cc3c(cc2C)C(=O)N2c4ccccc4C[C@H]2C=N3)cc(COc2cc3c(cc2OC)C(=O)N2c4ccccc4C[C@H]2CC3)c1.COc1cc2c(cc1OCc1cc(COc3cc4c(cc3C)C(=O)N3c5ccccc5C[C@H]3C=N4)cc(C(=O)C[C@@H](C)C(=O)N[C@@H](C)C(=O)CCCC(=O)O)c1)CC[C@@H]1Cc3ccccc3N1C2=O.O.[CH3][Sn]([CH3])[CH3]. The molecule has 5 N–H and O–H groups in total.